The molecule has 2 nitrogen and oxygen atoms in total. The van der Waals surface area contributed by atoms with Gasteiger partial charge < -0.3 is 10.2 Å². The van der Waals surface area contributed by atoms with Crippen molar-refractivity contribution in [3.05, 3.63) is 29.8 Å². The molecule has 1 fully saturated rings. The Morgan fingerprint density at radius 1 is 1.40 bits per heavy atom. The van der Waals surface area contributed by atoms with Crippen molar-refractivity contribution in [2.75, 3.05) is 18.4 Å². The Morgan fingerprint density at radius 2 is 2.15 bits per heavy atom. The van der Waals surface area contributed by atoms with Crippen LogP contribution < -0.4 is 5.32 Å². The van der Waals surface area contributed by atoms with Gasteiger partial charge in [0.05, 0.1) is 5.56 Å². The van der Waals surface area contributed by atoms with Gasteiger partial charge in [-0.25, -0.2) is 0 Å². The minimum atomic E-state index is -4.33. The minimum Gasteiger partial charge on any atom is -0.349 e. The molecule has 1 aliphatic rings. The normalized spacial score (nSPS) is 19.8. The molecule has 1 aromatic carbocycles. The molecule has 0 spiro atoms. The lowest BCUT2D eigenvalue weighted by Crippen LogP contribution is -2.41. The van der Waals surface area contributed by atoms with Gasteiger partial charge in [0.15, 0.2) is 5.11 Å². The molecule has 0 radical (unpaired) electrons. The molecule has 1 heterocycles. The molecule has 1 saturated heterocycles. The molecule has 1 atom stereocenters. The van der Waals surface area contributed by atoms with Crippen molar-refractivity contribution in [3.8, 4) is 0 Å². The second kappa shape index (κ2) is 5.99. The average Bonchev–Trinajstić information content (AvgIpc) is 2.38. The Bertz CT molecular complexity index is 488. The summed E-state index contributed by atoms with van der Waals surface area (Å²) in [6.45, 7) is 3.86. The summed E-state index contributed by atoms with van der Waals surface area (Å²) in [5.74, 6) is 0.560. The van der Waals surface area contributed by atoms with E-state index >= 15 is 0 Å². The molecule has 1 unspecified atom stereocenters. The molecule has 0 amide bonds. The van der Waals surface area contributed by atoms with Gasteiger partial charge in [0.1, 0.15) is 0 Å². The Morgan fingerprint density at radius 3 is 2.80 bits per heavy atom. The van der Waals surface area contributed by atoms with Crippen LogP contribution in [0.1, 0.15) is 25.3 Å². The average molecular weight is 302 g/mol. The Kier molecular flexibility index (Phi) is 4.52. The zero-order valence-corrected chi connectivity index (χ0v) is 12.0. The van der Waals surface area contributed by atoms with Crippen LogP contribution in [0.2, 0.25) is 0 Å². The molecule has 1 aliphatic heterocycles. The van der Waals surface area contributed by atoms with E-state index in [1.165, 1.54) is 12.5 Å². The van der Waals surface area contributed by atoms with E-state index in [0.717, 1.165) is 31.6 Å². The van der Waals surface area contributed by atoms with Crippen molar-refractivity contribution in [1.29, 1.82) is 0 Å². The van der Waals surface area contributed by atoms with E-state index < -0.39 is 11.7 Å². The molecule has 1 aromatic rings. The third kappa shape index (κ3) is 3.85. The fourth-order valence-electron chi connectivity index (χ4n) is 2.35. The largest absolute Gasteiger partial charge is 0.416 e. The number of hydrogen-bond acceptors (Lipinski definition) is 1. The number of anilines is 1. The van der Waals surface area contributed by atoms with E-state index in [1.807, 2.05) is 4.90 Å². The monoisotopic (exact) mass is 302 g/mol. The minimum absolute atomic E-state index is 0.378. The number of piperidine rings is 1. The van der Waals surface area contributed by atoms with Crippen LogP contribution in [0.4, 0.5) is 18.9 Å². The molecule has 2 rings (SSSR count). The predicted molar refractivity (Wildman–Crippen MR) is 77.6 cm³/mol. The van der Waals surface area contributed by atoms with E-state index in [-0.39, 0.29) is 0 Å². The maximum Gasteiger partial charge on any atom is 0.416 e. The highest BCUT2D eigenvalue weighted by Crippen LogP contribution is 2.30. The van der Waals surface area contributed by atoms with E-state index in [1.54, 1.807) is 6.07 Å². The van der Waals surface area contributed by atoms with Crippen LogP contribution in [0.5, 0.6) is 0 Å². The fraction of sp³-hybridized carbons (Fsp3) is 0.500. The summed E-state index contributed by atoms with van der Waals surface area (Å²) < 4.78 is 37.9. The van der Waals surface area contributed by atoms with Crippen LogP contribution in [0.25, 0.3) is 0 Å². The summed E-state index contributed by atoms with van der Waals surface area (Å²) in [6, 6.07) is 5.11. The van der Waals surface area contributed by atoms with Gasteiger partial charge in [0.2, 0.25) is 0 Å². The van der Waals surface area contributed by atoms with Gasteiger partial charge >= 0.3 is 6.18 Å². The molecular formula is C14H17F3N2S. The van der Waals surface area contributed by atoms with Gasteiger partial charge in [-0.3, -0.25) is 0 Å². The summed E-state index contributed by atoms with van der Waals surface area (Å²) in [7, 11) is 0. The van der Waals surface area contributed by atoms with E-state index in [0.29, 0.717) is 16.7 Å². The SMILES string of the molecule is CC1CCCN(C(=S)Nc2cccc(C(F)(F)F)c2)C1. The quantitative estimate of drug-likeness (QED) is 0.785. The smallest absolute Gasteiger partial charge is 0.349 e. The van der Waals surface area contributed by atoms with Gasteiger partial charge in [-0.2, -0.15) is 13.2 Å². The van der Waals surface area contributed by atoms with E-state index in [2.05, 4.69) is 12.2 Å². The second-order valence-electron chi connectivity index (χ2n) is 5.20. The van der Waals surface area contributed by atoms with Crippen LogP contribution in [-0.2, 0) is 6.18 Å². The fourth-order valence-corrected chi connectivity index (χ4v) is 2.63. The van der Waals surface area contributed by atoms with Crippen LogP contribution in [-0.4, -0.2) is 23.1 Å². The lowest BCUT2D eigenvalue weighted by Gasteiger charge is -2.33. The van der Waals surface area contributed by atoms with Crippen molar-refractivity contribution < 1.29 is 13.2 Å². The van der Waals surface area contributed by atoms with Gasteiger partial charge in [0, 0.05) is 18.8 Å². The zero-order chi connectivity index (χ0) is 14.8. The van der Waals surface area contributed by atoms with Gasteiger partial charge in [-0.05, 0) is 49.2 Å². The van der Waals surface area contributed by atoms with Crippen LogP contribution in [0.3, 0.4) is 0 Å². The first kappa shape index (κ1) is 15.1. The standard InChI is InChI=1S/C14H17F3N2S/c1-10-4-3-7-19(9-10)13(20)18-12-6-2-5-11(8-12)14(15,16)17/h2,5-6,8,10H,3-4,7,9H2,1H3,(H,18,20). The van der Waals surface area contributed by atoms with Crippen molar-refractivity contribution in [2.45, 2.75) is 25.9 Å². The summed E-state index contributed by atoms with van der Waals surface area (Å²) in [4.78, 5) is 2.02. The number of halogens is 3. The van der Waals surface area contributed by atoms with Crippen LogP contribution in [0.15, 0.2) is 24.3 Å². The van der Waals surface area contributed by atoms with Crippen LogP contribution in [0, 0.1) is 5.92 Å². The number of rotatable bonds is 1. The lowest BCUT2D eigenvalue weighted by atomic mass is 10.0. The van der Waals surface area contributed by atoms with Crippen molar-refractivity contribution in [1.82, 2.24) is 4.90 Å². The zero-order valence-electron chi connectivity index (χ0n) is 11.2. The molecule has 0 bridgehead atoms. The van der Waals surface area contributed by atoms with E-state index in [4.69, 9.17) is 12.2 Å². The second-order valence-corrected chi connectivity index (χ2v) is 5.59. The molecule has 20 heavy (non-hydrogen) atoms. The highest BCUT2D eigenvalue weighted by atomic mass is 32.1. The topological polar surface area (TPSA) is 15.3 Å². The predicted octanol–water partition coefficient (Wildman–Crippen LogP) is 4.13. The summed E-state index contributed by atoms with van der Waals surface area (Å²) in [5, 5.41) is 3.40. The third-order valence-electron chi connectivity index (χ3n) is 3.39. The summed E-state index contributed by atoms with van der Waals surface area (Å²) in [5.41, 5.74) is -0.291. The lowest BCUT2D eigenvalue weighted by molar-refractivity contribution is -0.137. The maximum atomic E-state index is 12.6. The van der Waals surface area contributed by atoms with Gasteiger partial charge in [-0.15, -0.1) is 0 Å². The molecule has 1 N–H and O–H groups in total. The number of likely N-dealkylation sites (tertiary alicyclic amines) is 1. The Balaban J connectivity index is 2.04. The molecule has 0 saturated carbocycles. The van der Waals surface area contributed by atoms with Crippen molar-refractivity contribution in [3.63, 3.8) is 0 Å². The van der Waals surface area contributed by atoms with Crippen molar-refractivity contribution in [2.24, 2.45) is 5.92 Å². The first-order valence-electron chi connectivity index (χ1n) is 6.59. The number of nitrogens with zero attached hydrogens (tertiary/aromatic N) is 1. The number of nitrogens with one attached hydrogen (secondary N) is 1. The molecule has 0 aliphatic carbocycles. The highest BCUT2D eigenvalue weighted by molar-refractivity contribution is 7.80. The van der Waals surface area contributed by atoms with E-state index in [9.17, 15) is 13.2 Å². The molecule has 110 valence electrons. The summed E-state index contributed by atoms with van der Waals surface area (Å²) in [6.07, 6.45) is -2.10. The Hall–Kier alpha value is -1.30. The van der Waals surface area contributed by atoms with Crippen molar-refractivity contribution >= 4 is 23.0 Å². The highest BCUT2D eigenvalue weighted by Gasteiger charge is 2.30. The third-order valence-corrected chi connectivity index (χ3v) is 3.75. The summed E-state index contributed by atoms with van der Waals surface area (Å²) >= 11 is 5.28. The maximum absolute atomic E-state index is 12.6. The van der Waals surface area contributed by atoms with Gasteiger partial charge in [0.25, 0.3) is 0 Å². The Labute approximate surface area is 122 Å². The molecule has 0 aromatic heterocycles. The first-order chi connectivity index (χ1) is 9.36. The number of thiocarbonyl (C=S) groups is 1. The number of alkyl halides is 3. The van der Waals surface area contributed by atoms with Gasteiger partial charge in [-0.1, -0.05) is 13.0 Å². The van der Waals surface area contributed by atoms with Crippen LogP contribution >= 0.6 is 12.2 Å². The molecular weight excluding hydrogens is 285 g/mol. The number of hydrogen-bond donors (Lipinski definition) is 1. The molecule has 6 heteroatoms. The first-order valence-corrected chi connectivity index (χ1v) is 7.00. The number of benzene rings is 1.